The van der Waals surface area contributed by atoms with Gasteiger partial charge < -0.3 is 15.8 Å². The van der Waals surface area contributed by atoms with Crippen LogP contribution in [0.25, 0.3) is 0 Å². The minimum absolute atomic E-state index is 0.398. The van der Waals surface area contributed by atoms with Crippen molar-refractivity contribution in [3.63, 3.8) is 0 Å². The lowest BCUT2D eigenvalue weighted by Crippen LogP contribution is -2.20. The monoisotopic (exact) mass is 276 g/mol. The van der Waals surface area contributed by atoms with Gasteiger partial charge in [0.15, 0.2) is 0 Å². The third-order valence-corrected chi connectivity index (χ3v) is 2.24. The summed E-state index contributed by atoms with van der Waals surface area (Å²) in [4.78, 5) is 11.3. The summed E-state index contributed by atoms with van der Waals surface area (Å²) in [6.07, 6.45) is -5.33. The van der Waals surface area contributed by atoms with Gasteiger partial charge in [-0.1, -0.05) is 12.1 Å². The lowest BCUT2D eigenvalue weighted by Gasteiger charge is -2.08. The number of carbonyl (C=O) groups is 1. The molecule has 0 heterocycles. The molecule has 1 aromatic rings. The van der Waals surface area contributed by atoms with E-state index in [-0.39, 0.29) is 0 Å². The van der Waals surface area contributed by atoms with Gasteiger partial charge in [-0.25, -0.2) is 0 Å². The Morgan fingerprint density at radius 1 is 1.26 bits per heavy atom. The predicted molar refractivity (Wildman–Crippen MR) is 64.5 cm³/mol. The molecule has 0 radical (unpaired) electrons. The van der Waals surface area contributed by atoms with Crippen molar-refractivity contribution in [2.75, 3.05) is 18.5 Å². The number of nitrogens with two attached hydrogens (primary N) is 1. The first-order valence-corrected chi connectivity index (χ1v) is 5.64. The summed E-state index contributed by atoms with van der Waals surface area (Å²) in [5.74, 6) is -0.498. The Bertz CT molecular complexity index is 404. The van der Waals surface area contributed by atoms with E-state index in [0.717, 1.165) is 5.56 Å². The smallest absolute Gasteiger partial charge is 0.371 e. The maximum Gasteiger partial charge on any atom is 0.391 e. The molecule has 1 amide bonds. The highest BCUT2D eigenvalue weighted by Gasteiger charge is 2.26. The lowest BCUT2D eigenvalue weighted by molar-refractivity contribution is -0.147. The number of amides is 1. The Balaban J connectivity index is 2.27. The van der Waals surface area contributed by atoms with Gasteiger partial charge in [0.1, 0.15) is 6.61 Å². The van der Waals surface area contributed by atoms with E-state index in [0.29, 0.717) is 12.2 Å². The van der Waals surface area contributed by atoms with Crippen LogP contribution in [-0.2, 0) is 16.1 Å². The van der Waals surface area contributed by atoms with Crippen LogP contribution in [0.1, 0.15) is 12.0 Å². The summed E-state index contributed by atoms with van der Waals surface area (Å²) < 4.78 is 40.1. The van der Waals surface area contributed by atoms with Crippen LogP contribution in [0, 0.1) is 0 Å². The van der Waals surface area contributed by atoms with Crippen LogP contribution in [0.3, 0.4) is 0 Å². The molecule has 0 aliphatic rings. The standard InChI is InChI=1S/C12H15F3N2O2/c13-12(14,15)5-6-19-8-11(18)17-10-3-1-9(7-16)2-4-10/h1-4H,5-8,16H2,(H,17,18). The summed E-state index contributed by atoms with van der Waals surface area (Å²) in [6, 6.07) is 6.83. The van der Waals surface area contributed by atoms with Crippen molar-refractivity contribution in [3.05, 3.63) is 29.8 Å². The molecule has 1 rings (SSSR count). The summed E-state index contributed by atoms with van der Waals surface area (Å²) in [6.45, 7) is -0.535. The van der Waals surface area contributed by atoms with E-state index in [1.54, 1.807) is 24.3 Å². The second kappa shape index (κ2) is 7.10. The molecular formula is C12H15F3N2O2. The maximum atomic E-state index is 11.8. The number of anilines is 1. The van der Waals surface area contributed by atoms with Gasteiger partial charge in [-0.2, -0.15) is 13.2 Å². The van der Waals surface area contributed by atoms with Crippen molar-refractivity contribution >= 4 is 11.6 Å². The number of hydrogen-bond donors (Lipinski definition) is 2. The van der Waals surface area contributed by atoms with E-state index in [4.69, 9.17) is 5.73 Å². The molecule has 106 valence electrons. The van der Waals surface area contributed by atoms with E-state index >= 15 is 0 Å². The SMILES string of the molecule is NCc1ccc(NC(=O)COCCC(F)(F)F)cc1. The summed E-state index contributed by atoms with van der Waals surface area (Å²) in [5, 5.41) is 2.50. The fourth-order valence-corrected chi connectivity index (χ4v) is 1.27. The Kier molecular flexibility index (Phi) is 5.78. The zero-order valence-electron chi connectivity index (χ0n) is 10.2. The lowest BCUT2D eigenvalue weighted by atomic mass is 10.2. The second-order valence-electron chi connectivity index (χ2n) is 3.87. The Morgan fingerprint density at radius 3 is 2.42 bits per heavy atom. The number of carbonyl (C=O) groups excluding carboxylic acids is 1. The third-order valence-electron chi connectivity index (χ3n) is 2.24. The van der Waals surface area contributed by atoms with Crippen molar-refractivity contribution in [2.45, 2.75) is 19.1 Å². The van der Waals surface area contributed by atoms with Gasteiger partial charge in [0.2, 0.25) is 5.91 Å². The van der Waals surface area contributed by atoms with Crippen molar-refractivity contribution in [2.24, 2.45) is 5.73 Å². The molecule has 19 heavy (non-hydrogen) atoms. The number of alkyl halides is 3. The summed E-state index contributed by atoms with van der Waals surface area (Å²) in [5.41, 5.74) is 6.88. The first-order chi connectivity index (χ1) is 8.90. The van der Waals surface area contributed by atoms with Crippen molar-refractivity contribution in [3.8, 4) is 0 Å². The highest BCUT2D eigenvalue weighted by molar-refractivity contribution is 5.91. The van der Waals surface area contributed by atoms with E-state index in [1.165, 1.54) is 0 Å². The Morgan fingerprint density at radius 2 is 1.89 bits per heavy atom. The van der Waals surface area contributed by atoms with E-state index in [2.05, 4.69) is 10.1 Å². The zero-order valence-corrected chi connectivity index (χ0v) is 10.2. The topological polar surface area (TPSA) is 64.3 Å². The third kappa shape index (κ3) is 6.78. The van der Waals surface area contributed by atoms with Gasteiger partial charge in [-0.05, 0) is 17.7 Å². The number of hydrogen-bond acceptors (Lipinski definition) is 3. The van der Waals surface area contributed by atoms with Gasteiger partial charge in [0, 0.05) is 12.2 Å². The summed E-state index contributed by atoms with van der Waals surface area (Å²) >= 11 is 0. The Labute approximate surface area is 108 Å². The average Bonchev–Trinajstić information content (AvgIpc) is 2.34. The zero-order chi connectivity index (χ0) is 14.3. The highest BCUT2D eigenvalue weighted by atomic mass is 19.4. The first kappa shape index (κ1) is 15.5. The highest BCUT2D eigenvalue weighted by Crippen LogP contribution is 2.18. The number of ether oxygens (including phenoxy) is 1. The molecule has 1 aromatic carbocycles. The first-order valence-electron chi connectivity index (χ1n) is 5.64. The molecule has 4 nitrogen and oxygen atoms in total. The molecule has 0 saturated carbocycles. The van der Waals surface area contributed by atoms with Crippen molar-refractivity contribution in [1.29, 1.82) is 0 Å². The molecule has 0 bridgehead atoms. The fourth-order valence-electron chi connectivity index (χ4n) is 1.27. The molecule has 0 spiro atoms. The fraction of sp³-hybridized carbons (Fsp3) is 0.417. The van der Waals surface area contributed by atoms with Gasteiger partial charge in [0.05, 0.1) is 13.0 Å². The Hall–Kier alpha value is -1.60. The average molecular weight is 276 g/mol. The van der Waals surface area contributed by atoms with Crippen LogP contribution in [0.4, 0.5) is 18.9 Å². The molecule has 0 aliphatic heterocycles. The molecule has 0 atom stereocenters. The number of benzene rings is 1. The van der Waals surface area contributed by atoms with E-state index in [9.17, 15) is 18.0 Å². The van der Waals surface area contributed by atoms with Crippen molar-refractivity contribution in [1.82, 2.24) is 0 Å². The molecule has 0 saturated heterocycles. The van der Waals surface area contributed by atoms with Crippen LogP contribution < -0.4 is 11.1 Å². The van der Waals surface area contributed by atoms with Crippen LogP contribution in [-0.4, -0.2) is 25.3 Å². The maximum absolute atomic E-state index is 11.8. The normalized spacial score (nSPS) is 11.4. The molecule has 0 aromatic heterocycles. The molecule has 0 aliphatic carbocycles. The van der Waals surface area contributed by atoms with Gasteiger partial charge in [-0.3, -0.25) is 4.79 Å². The van der Waals surface area contributed by atoms with Crippen LogP contribution in [0.5, 0.6) is 0 Å². The molecule has 0 unspecified atom stereocenters. The largest absolute Gasteiger partial charge is 0.391 e. The predicted octanol–water partition coefficient (Wildman–Crippen LogP) is 2.05. The molecule has 7 heteroatoms. The number of rotatable bonds is 6. The summed E-state index contributed by atoms with van der Waals surface area (Å²) in [7, 11) is 0. The molecule has 3 N–H and O–H groups in total. The van der Waals surface area contributed by atoms with Crippen LogP contribution >= 0.6 is 0 Å². The number of halogens is 3. The number of nitrogens with one attached hydrogen (secondary N) is 1. The second-order valence-corrected chi connectivity index (χ2v) is 3.87. The van der Waals surface area contributed by atoms with Crippen molar-refractivity contribution < 1.29 is 22.7 Å². The van der Waals surface area contributed by atoms with Crippen LogP contribution in [0.2, 0.25) is 0 Å². The van der Waals surface area contributed by atoms with Gasteiger partial charge in [0.25, 0.3) is 0 Å². The minimum atomic E-state index is -4.27. The van der Waals surface area contributed by atoms with Crippen LogP contribution in [0.15, 0.2) is 24.3 Å². The van der Waals surface area contributed by atoms with E-state index in [1.807, 2.05) is 0 Å². The van der Waals surface area contributed by atoms with Gasteiger partial charge >= 0.3 is 6.18 Å². The van der Waals surface area contributed by atoms with E-state index < -0.39 is 31.7 Å². The van der Waals surface area contributed by atoms with Gasteiger partial charge in [-0.15, -0.1) is 0 Å². The minimum Gasteiger partial charge on any atom is -0.371 e. The molecule has 0 fully saturated rings. The molecular weight excluding hydrogens is 261 g/mol. The quantitative estimate of drug-likeness (QED) is 0.782.